The van der Waals surface area contributed by atoms with E-state index in [1.165, 1.54) is 5.56 Å². The zero-order valence-corrected chi connectivity index (χ0v) is 11.4. The van der Waals surface area contributed by atoms with Crippen molar-refractivity contribution in [2.24, 2.45) is 0 Å². The first-order valence-electron chi connectivity index (χ1n) is 6.78. The van der Waals surface area contributed by atoms with Crippen LogP contribution in [0.3, 0.4) is 0 Å². The monoisotopic (exact) mass is 257 g/mol. The minimum absolute atomic E-state index is 0.198. The van der Waals surface area contributed by atoms with E-state index in [-0.39, 0.29) is 6.10 Å². The maximum absolute atomic E-state index is 5.98. The van der Waals surface area contributed by atoms with Crippen LogP contribution in [0.2, 0.25) is 0 Å². The van der Waals surface area contributed by atoms with Crippen LogP contribution in [0.5, 0.6) is 5.75 Å². The molecule has 1 N–H and O–H groups in total. The molecular formula is C15H19N3O. The van der Waals surface area contributed by atoms with Crippen LogP contribution in [0, 0.1) is 6.92 Å². The number of ether oxygens (including phenoxy) is 1. The molecule has 1 aliphatic heterocycles. The van der Waals surface area contributed by atoms with E-state index in [1.54, 1.807) is 0 Å². The Bertz CT molecular complexity index is 552. The lowest BCUT2D eigenvalue weighted by Gasteiger charge is -2.14. The van der Waals surface area contributed by atoms with E-state index in [2.05, 4.69) is 40.1 Å². The van der Waals surface area contributed by atoms with Crippen LogP contribution in [-0.4, -0.2) is 22.2 Å². The molecule has 0 radical (unpaired) electrons. The van der Waals surface area contributed by atoms with Gasteiger partial charge >= 0.3 is 0 Å². The molecule has 0 aliphatic carbocycles. The van der Waals surface area contributed by atoms with Crippen LogP contribution in [-0.2, 0) is 13.0 Å². The Morgan fingerprint density at radius 3 is 3.05 bits per heavy atom. The van der Waals surface area contributed by atoms with E-state index in [1.807, 2.05) is 19.1 Å². The van der Waals surface area contributed by atoms with Gasteiger partial charge in [0.05, 0.1) is 12.2 Å². The van der Waals surface area contributed by atoms with Crippen molar-refractivity contribution in [3.8, 4) is 5.75 Å². The van der Waals surface area contributed by atoms with Gasteiger partial charge in [-0.05, 0) is 25.5 Å². The quantitative estimate of drug-likeness (QED) is 0.915. The number of hydrogen-bond acceptors (Lipinski definition) is 3. The van der Waals surface area contributed by atoms with Gasteiger partial charge in [-0.1, -0.05) is 18.2 Å². The minimum atomic E-state index is 0.198. The Morgan fingerprint density at radius 1 is 1.42 bits per heavy atom. The number of nitrogens with one attached hydrogen (secondary N) is 1. The molecule has 0 spiro atoms. The number of aromatic nitrogens is 2. The van der Waals surface area contributed by atoms with Crippen molar-refractivity contribution in [3.63, 3.8) is 0 Å². The van der Waals surface area contributed by atoms with Gasteiger partial charge in [-0.3, -0.25) is 0 Å². The number of aryl methyl sites for hydroxylation is 1. The smallest absolute Gasteiger partial charge is 0.203 e. The molecule has 1 aliphatic rings. The number of para-hydroxylation sites is 1. The SMILES string of the molecule is CCNc1nc(C)cn1CC1Cc2ccccc2O1. The first-order chi connectivity index (χ1) is 9.26. The van der Waals surface area contributed by atoms with Crippen LogP contribution in [0.15, 0.2) is 30.5 Å². The average Bonchev–Trinajstić information content (AvgIpc) is 2.93. The predicted octanol–water partition coefficient (Wildman–Crippen LogP) is 2.63. The third-order valence-corrected chi connectivity index (χ3v) is 3.35. The zero-order chi connectivity index (χ0) is 13.2. The molecule has 1 aromatic heterocycles. The first kappa shape index (κ1) is 12.1. The maximum atomic E-state index is 5.98. The number of nitrogens with zero attached hydrogens (tertiary/aromatic N) is 2. The highest BCUT2D eigenvalue weighted by Crippen LogP contribution is 2.29. The van der Waals surface area contributed by atoms with Crippen LogP contribution < -0.4 is 10.1 Å². The fraction of sp³-hybridized carbons (Fsp3) is 0.400. The number of anilines is 1. The van der Waals surface area contributed by atoms with Crippen LogP contribution in [0.25, 0.3) is 0 Å². The van der Waals surface area contributed by atoms with Crippen molar-refractivity contribution >= 4 is 5.95 Å². The molecule has 0 saturated heterocycles. The lowest BCUT2D eigenvalue weighted by Crippen LogP contribution is -2.21. The molecule has 1 unspecified atom stereocenters. The number of imidazole rings is 1. The first-order valence-corrected chi connectivity index (χ1v) is 6.78. The van der Waals surface area contributed by atoms with Gasteiger partial charge < -0.3 is 14.6 Å². The summed E-state index contributed by atoms with van der Waals surface area (Å²) in [5, 5.41) is 3.29. The molecule has 2 heterocycles. The van der Waals surface area contributed by atoms with E-state index in [9.17, 15) is 0 Å². The third kappa shape index (κ3) is 2.43. The van der Waals surface area contributed by atoms with Gasteiger partial charge in [0, 0.05) is 19.2 Å². The highest BCUT2D eigenvalue weighted by Gasteiger charge is 2.23. The van der Waals surface area contributed by atoms with Crippen molar-refractivity contribution in [1.82, 2.24) is 9.55 Å². The molecule has 4 heteroatoms. The second-order valence-corrected chi connectivity index (χ2v) is 4.94. The number of benzene rings is 1. The predicted molar refractivity (Wildman–Crippen MR) is 75.7 cm³/mol. The Morgan fingerprint density at radius 2 is 2.26 bits per heavy atom. The molecule has 0 bridgehead atoms. The van der Waals surface area contributed by atoms with E-state index >= 15 is 0 Å². The van der Waals surface area contributed by atoms with E-state index in [4.69, 9.17) is 4.74 Å². The summed E-state index contributed by atoms with van der Waals surface area (Å²) in [6, 6.07) is 8.27. The summed E-state index contributed by atoms with van der Waals surface area (Å²) in [7, 11) is 0. The van der Waals surface area contributed by atoms with E-state index < -0.39 is 0 Å². The maximum Gasteiger partial charge on any atom is 0.203 e. The number of hydrogen-bond donors (Lipinski definition) is 1. The third-order valence-electron chi connectivity index (χ3n) is 3.35. The molecule has 0 fully saturated rings. The summed E-state index contributed by atoms with van der Waals surface area (Å²) in [4.78, 5) is 4.49. The van der Waals surface area contributed by atoms with Gasteiger partial charge in [0.25, 0.3) is 0 Å². The Labute approximate surface area is 113 Å². The highest BCUT2D eigenvalue weighted by molar-refractivity contribution is 5.37. The molecule has 100 valence electrons. The van der Waals surface area contributed by atoms with Crippen LogP contribution in [0.1, 0.15) is 18.2 Å². The van der Waals surface area contributed by atoms with Crippen molar-refractivity contribution in [2.75, 3.05) is 11.9 Å². The van der Waals surface area contributed by atoms with Crippen molar-refractivity contribution < 1.29 is 4.74 Å². The highest BCUT2D eigenvalue weighted by atomic mass is 16.5. The summed E-state index contributed by atoms with van der Waals surface area (Å²) >= 11 is 0. The van der Waals surface area contributed by atoms with Gasteiger partial charge in [0.15, 0.2) is 0 Å². The fourth-order valence-corrected chi connectivity index (χ4v) is 2.56. The lowest BCUT2D eigenvalue weighted by molar-refractivity contribution is 0.210. The van der Waals surface area contributed by atoms with Crippen LogP contribution in [0.4, 0.5) is 5.95 Å². The summed E-state index contributed by atoms with van der Waals surface area (Å²) in [6.45, 7) is 5.80. The van der Waals surface area contributed by atoms with Crippen LogP contribution >= 0.6 is 0 Å². The van der Waals surface area contributed by atoms with Gasteiger partial charge in [0.1, 0.15) is 11.9 Å². The second-order valence-electron chi connectivity index (χ2n) is 4.94. The van der Waals surface area contributed by atoms with Gasteiger partial charge in [-0.15, -0.1) is 0 Å². The van der Waals surface area contributed by atoms with Crippen molar-refractivity contribution in [1.29, 1.82) is 0 Å². The topological polar surface area (TPSA) is 39.1 Å². The van der Waals surface area contributed by atoms with Crippen molar-refractivity contribution in [3.05, 3.63) is 41.7 Å². The lowest BCUT2D eigenvalue weighted by atomic mass is 10.1. The molecule has 3 rings (SSSR count). The van der Waals surface area contributed by atoms with Gasteiger partial charge in [-0.2, -0.15) is 0 Å². The molecule has 0 saturated carbocycles. The Kier molecular flexibility index (Phi) is 3.15. The molecule has 4 nitrogen and oxygen atoms in total. The second kappa shape index (κ2) is 4.96. The Balaban J connectivity index is 1.74. The van der Waals surface area contributed by atoms with Gasteiger partial charge in [0.2, 0.25) is 5.95 Å². The van der Waals surface area contributed by atoms with Gasteiger partial charge in [-0.25, -0.2) is 4.98 Å². The summed E-state index contributed by atoms with van der Waals surface area (Å²) in [5.41, 5.74) is 2.33. The molecule has 0 amide bonds. The number of fused-ring (bicyclic) bond motifs is 1. The minimum Gasteiger partial charge on any atom is -0.488 e. The van der Waals surface area contributed by atoms with Crippen molar-refractivity contribution in [2.45, 2.75) is 32.9 Å². The molecular weight excluding hydrogens is 238 g/mol. The van der Waals surface area contributed by atoms with E-state index in [0.717, 1.165) is 36.9 Å². The molecule has 1 atom stereocenters. The molecule has 2 aromatic rings. The Hall–Kier alpha value is -1.97. The fourth-order valence-electron chi connectivity index (χ4n) is 2.56. The summed E-state index contributed by atoms with van der Waals surface area (Å²) in [6.07, 6.45) is 3.24. The number of rotatable bonds is 4. The normalized spacial score (nSPS) is 17.1. The largest absolute Gasteiger partial charge is 0.488 e. The average molecular weight is 257 g/mol. The summed E-state index contributed by atoms with van der Waals surface area (Å²) < 4.78 is 8.13. The summed E-state index contributed by atoms with van der Waals surface area (Å²) in [5.74, 6) is 1.95. The standard InChI is InChI=1S/C15H19N3O/c1-3-16-15-17-11(2)9-18(15)10-13-8-12-6-4-5-7-14(12)19-13/h4-7,9,13H,3,8,10H2,1-2H3,(H,16,17). The molecule has 19 heavy (non-hydrogen) atoms. The zero-order valence-electron chi connectivity index (χ0n) is 11.4. The molecule has 1 aromatic carbocycles. The van der Waals surface area contributed by atoms with E-state index in [0.29, 0.717) is 0 Å².